The molecule has 6 nitrogen and oxygen atoms in total. The van der Waals surface area contributed by atoms with E-state index < -0.39 is 5.91 Å². The normalized spacial score (nSPS) is 13.6. The van der Waals surface area contributed by atoms with E-state index >= 15 is 0 Å². The SMILES string of the molecule is COc1ccc(NC2=C(c3ccc(OC)cc3)C(=O)N(c3cc(C)ccc3C)C2=O)cc1. The highest BCUT2D eigenvalue weighted by molar-refractivity contribution is 6.46. The number of carbonyl (C=O) groups is 2. The van der Waals surface area contributed by atoms with Crippen molar-refractivity contribution in [3.63, 3.8) is 0 Å². The van der Waals surface area contributed by atoms with Gasteiger partial charge in [0, 0.05) is 5.69 Å². The molecular formula is C26H24N2O4. The number of nitrogens with one attached hydrogen (secondary N) is 1. The number of rotatable bonds is 6. The van der Waals surface area contributed by atoms with Gasteiger partial charge in [-0.25, -0.2) is 4.90 Å². The lowest BCUT2D eigenvalue weighted by Gasteiger charge is -2.18. The molecule has 0 bridgehead atoms. The van der Waals surface area contributed by atoms with Gasteiger partial charge in [-0.1, -0.05) is 24.3 Å². The summed E-state index contributed by atoms with van der Waals surface area (Å²) in [5.41, 5.74) is 4.24. The van der Waals surface area contributed by atoms with Crippen LogP contribution in [0.2, 0.25) is 0 Å². The molecule has 0 radical (unpaired) electrons. The first-order valence-electron chi connectivity index (χ1n) is 10.2. The Morgan fingerprint density at radius 3 is 1.94 bits per heavy atom. The fraction of sp³-hybridized carbons (Fsp3) is 0.154. The summed E-state index contributed by atoms with van der Waals surface area (Å²) in [6.45, 7) is 3.82. The number of ether oxygens (including phenoxy) is 2. The van der Waals surface area contributed by atoms with Crippen molar-refractivity contribution in [3.05, 3.63) is 89.1 Å². The summed E-state index contributed by atoms with van der Waals surface area (Å²) < 4.78 is 10.4. The van der Waals surface area contributed by atoms with Crippen LogP contribution in [0.3, 0.4) is 0 Å². The van der Waals surface area contributed by atoms with Crippen molar-refractivity contribution in [2.24, 2.45) is 0 Å². The largest absolute Gasteiger partial charge is 0.497 e. The Morgan fingerprint density at radius 1 is 0.750 bits per heavy atom. The summed E-state index contributed by atoms with van der Waals surface area (Å²) in [5.74, 6) is 0.600. The van der Waals surface area contributed by atoms with Crippen LogP contribution in [0.25, 0.3) is 5.57 Å². The van der Waals surface area contributed by atoms with Crippen LogP contribution in [0, 0.1) is 13.8 Å². The molecule has 1 N–H and O–H groups in total. The van der Waals surface area contributed by atoms with Gasteiger partial charge < -0.3 is 14.8 Å². The van der Waals surface area contributed by atoms with Gasteiger partial charge >= 0.3 is 0 Å². The van der Waals surface area contributed by atoms with Gasteiger partial charge in [-0.3, -0.25) is 9.59 Å². The third-order valence-corrected chi connectivity index (χ3v) is 5.43. The lowest BCUT2D eigenvalue weighted by molar-refractivity contribution is -0.120. The highest BCUT2D eigenvalue weighted by Gasteiger charge is 2.40. The molecule has 2 amide bonds. The van der Waals surface area contributed by atoms with Crippen LogP contribution >= 0.6 is 0 Å². The molecule has 1 heterocycles. The van der Waals surface area contributed by atoms with Gasteiger partial charge in [-0.2, -0.15) is 0 Å². The minimum Gasteiger partial charge on any atom is -0.497 e. The van der Waals surface area contributed by atoms with Crippen molar-refractivity contribution in [2.45, 2.75) is 13.8 Å². The first-order valence-corrected chi connectivity index (χ1v) is 10.2. The van der Waals surface area contributed by atoms with Crippen LogP contribution in [-0.4, -0.2) is 26.0 Å². The van der Waals surface area contributed by atoms with Gasteiger partial charge in [-0.05, 0) is 73.0 Å². The number of anilines is 2. The van der Waals surface area contributed by atoms with E-state index in [1.807, 2.05) is 32.0 Å². The zero-order chi connectivity index (χ0) is 22.8. The van der Waals surface area contributed by atoms with Crippen molar-refractivity contribution in [1.82, 2.24) is 0 Å². The maximum Gasteiger partial charge on any atom is 0.282 e. The molecule has 162 valence electrons. The topological polar surface area (TPSA) is 67.9 Å². The van der Waals surface area contributed by atoms with E-state index in [-0.39, 0.29) is 11.6 Å². The summed E-state index contributed by atoms with van der Waals surface area (Å²) >= 11 is 0. The summed E-state index contributed by atoms with van der Waals surface area (Å²) in [7, 11) is 3.17. The molecular weight excluding hydrogens is 404 g/mol. The fourth-order valence-electron chi connectivity index (χ4n) is 3.67. The molecule has 3 aromatic carbocycles. The minimum absolute atomic E-state index is 0.228. The van der Waals surface area contributed by atoms with E-state index in [2.05, 4.69) is 5.32 Å². The first kappa shape index (κ1) is 21.2. The van der Waals surface area contributed by atoms with Crippen LogP contribution in [-0.2, 0) is 9.59 Å². The molecule has 32 heavy (non-hydrogen) atoms. The maximum absolute atomic E-state index is 13.6. The monoisotopic (exact) mass is 428 g/mol. The van der Waals surface area contributed by atoms with Crippen molar-refractivity contribution >= 4 is 28.8 Å². The summed E-state index contributed by atoms with van der Waals surface area (Å²) in [6, 6.07) is 20.0. The van der Waals surface area contributed by atoms with Gasteiger partial charge in [-0.15, -0.1) is 0 Å². The van der Waals surface area contributed by atoms with Crippen LogP contribution in [0.15, 0.2) is 72.4 Å². The van der Waals surface area contributed by atoms with E-state index in [9.17, 15) is 9.59 Å². The fourth-order valence-corrected chi connectivity index (χ4v) is 3.67. The average Bonchev–Trinajstić information content (AvgIpc) is 3.05. The first-order chi connectivity index (χ1) is 15.4. The standard InChI is InChI=1S/C26H24N2O4/c1-16-5-6-17(2)22(15-16)28-25(29)23(18-7-11-20(31-3)12-8-18)24(26(28)30)27-19-9-13-21(32-4)14-10-19/h5-15,27H,1-4H3. The number of hydrogen-bond acceptors (Lipinski definition) is 5. The second-order valence-electron chi connectivity index (χ2n) is 7.57. The minimum atomic E-state index is -0.398. The molecule has 0 aliphatic carbocycles. The van der Waals surface area contributed by atoms with Crippen LogP contribution in [0.1, 0.15) is 16.7 Å². The number of nitrogens with zero attached hydrogens (tertiary/aromatic N) is 1. The molecule has 0 fully saturated rings. The molecule has 1 aliphatic rings. The van der Waals surface area contributed by atoms with E-state index in [4.69, 9.17) is 9.47 Å². The predicted octanol–water partition coefficient (Wildman–Crippen LogP) is 4.72. The molecule has 0 saturated carbocycles. The number of aryl methyl sites for hydroxylation is 2. The molecule has 1 aliphatic heterocycles. The van der Waals surface area contributed by atoms with Gasteiger partial charge in [0.25, 0.3) is 11.8 Å². The third-order valence-electron chi connectivity index (χ3n) is 5.43. The summed E-state index contributed by atoms with van der Waals surface area (Å²) in [5, 5.41) is 3.16. The quantitative estimate of drug-likeness (QED) is 0.576. The molecule has 6 heteroatoms. The van der Waals surface area contributed by atoms with Crippen molar-refractivity contribution in [3.8, 4) is 11.5 Å². The maximum atomic E-state index is 13.6. The van der Waals surface area contributed by atoms with Gasteiger partial charge in [0.15, 0.2) is 0 Å². The highest BCUT2D eigenvalue weighted by Crippen LogP contribution is 2.36. The van der Waals surface area contributed by atoms with E-state index in [0.29, 0.717) is 34.0 Å². The molecule has 0 unspecified atom stereocenters. The smallest absolute Gasteiger partial charge is 0.282 e. The Kier molecular flexibility index (Phi) is 5.69. The Bertz CT molecular complexity index is 1210. The number of carbonyl (C=O) groups excluding carboxylic acids is 2. The second kappa shape index (κ2) is 8.59. The van der Waals surface area contributed by atoms with E-state index in [0.717, 1.165) is 11.1 Å². The van der Waals surface area contributed by atoms with Crippen molar-refractivity contribution in [1.29, 1.82) is 0 Å². The Labute approximate surface area is 187 Å². The summed E-state index contributed by atoms with van der Waals surface area (Å²) in [6.07, 6.45) is 0. The van der Waals surface area contributed by atoms with E-state index in [1.54, 1.807) is 62.8 Å². The van der Waals surface area contributed by atoms with Gasteiger partial charge in [0.2, 0.25) is 0 Å². The number of benzene rings is 3. The zero-order valence-electron chi connectivity index (χ0n) is 18.4. The predicted molar refractivity (Wildman–Crippen MR) is 125 cm³/mol. The molecule has 0 atom stereocenters. The Morgan fingerprint density at radius 2 is 1.34 bits per heavy atom. The number of hydrogen-bond donors (Lipinski definition) is 1. The molecule has 3 aromatic rings. The molecule has 0 aromatic heterocycles. The van der Waals surface area contributed by atoms with Crippen LogP contribution < -0.4 is 19.7 Å². The van der Waals surface area contributed by atoms with Crippen molar-refractivity contribution < 1.29 is 19.1 Å². The Hall–Kier alpha value is -4.06. The van der Waals surface area contributed by atoms with Crippen molar-refractivity contribution in [2.75, 3.05) is 24.4 Å². The lowest BCUT2D eigenvalue weighted by atomic mass is 10.0. The second-order valence-corrected chi connectivity index (χ2v) is 7.57. The Balaban J connectivity index is 1.81. The number of methoxy groups -OCH3 is 2. The average molecular weight is 428 g/mol. The molecule has 4 rings (SSSR count). The van der Waals surface area contributed by atoms with E-state index in [1.165, 1.54) is 4.90 Å². The van der Waals surface area contributed by atoms with Gasteiger partial charge in [0.1, 0.15) is 17.2 Å². The zero-order valence-corrected chi connectivity index (χ0v) is 18.4. The third kappa shape index (κ3) is 3.83. The van der Waals surface area contributed by atoms with Gasteiger partial charge in [0.05, 0.1) is 25.5 Å². The lowest BCUT2D eigenvalue weighted by Crippen LogP contribution is -2.33. The molecule has 0 spiro atoms. The van der Waals surface area contributed by atoms with Crippen LogP contribution in [0.5, 0.6) is 11.5 Å². The summed E-state index contributed by atoms with van der Waals surface area (Å²) in [4.78, 5) is 28.4. The number of amides is 2. The van der Waals surface area contributed by atoms with Crippen LogP contribution in [0.4, 0.5) is 11.4 Å². The number of imide groups is 1. The molecule has 0 saturated heterocycles. The highest BCUT2D eigenvalue weighted by atomic mass is 16.5.